The molecular formula is C19H30N4O. The Morgan fingerprint density at radius 1 is 1.08 bits per heavy atom. The summed E-state index contributed by atoms with van der Waals surface area (Å²) in [5.41, 5.74) is 7.82. The van der Waals surface area contributed by atoms with Crippen molar-refractivity contribution in [3.63, 3.8) is 0 Å². The van der Waals surface area contributed by atoms with Crippen LogP contribution in [0.5, 0.6) is 0 Å². The van der Waals surface area contributed by atoms with E-state index in [1.165, 1.54) is 32.4 Å². The van der Waals surface area contributed by atoms with Crippen molar-refractivity contribution in [2.75, 3.05) is 44.2 Å². The normalized spacial score (nSPS) is 20.1. The smallest absolute Gasteiger partial charge is 0.253 e. The Morgan fingerprint density at radius 3 is 2.54 bits per heavy atom. The average molecular weight is 330 g/mol. The molecular weight excluding hydrogens is 300 g/mol. The number of piperidine rings is 2. The molecule has 2 fully saturated rings. The molecule has 1 aromatic rings. The number of hydrogen-bond acceptors (Lipinski definition) is 4. The van der Waals surface area contributed by atoms with Gasteiger partial charge >= 0.3 is 0 Å². The number of nitrogens with two attached hydrogens (primary N) is 1. The molecule has 1 amide bonds. The Bertz CT molecular complexity index is 534. The predicted molar refractivity (Wildman–Crippen MR) is 98.5 cm³/mol. The van der Waals surface area contributed by atoms with Gasteiger partial charge in [-0.05, 0) is 50.9 Å². The van der Waals surface area contributed by atoms with Crippen LogP contribution in [0.1, 0.15) is 42.5 Å². The number of carbonyl (C=O) groups is 1. The van der Waals surface area contributed by atoms with Crippen molar-refractivity contribution in [1.82, 2.24) is 10.2 Å². The highest BCUT2D eigenvalue weighted by atomic mass is 16.1. The van der Waals surface area contributed by atoms with Crippen LogP contribution in [-0.2, 0) is 0 Å². The van der Waals surface area contributed by atoms with E-state index in [1.54, 1.807) is 0 Å². The van der Waals surface area contributed by atoms with Crippen LogP contribution in [-0.4, -0.2) is 56.1 Å². The molecule has 5 heteroatoms. The molecule has 2 aliphatic rings. The molecule has 1 aromatic carbocycles. The number of likely N-dealkylation sites (tertiary alicyclic amines) is 1. The van der Waals surface area contributed by atoms with Gasteiger partial charge in [-0.25, -0.2) is 0 Å². The second kappa shape index (κ2) is 8.49. The van der Waals surface area contributed by atoms with Gasteiger partial charge in [-0.15, -0.1) is 0 Å². The Hall–Kier alpha value is -1.59. The van der Waals surface area contributed by atoms with Gasteiger partial charge < -0.3 is 20.9 Å². The van der Waals surface area contributed by atoms with E-state index in [0.29, 0.717) is 6.04 Å². The van der Waals surface area contributed by atoms with Crippen LogP contribution in [0, 0.1) is 0 Å². The summed E-state index contributed by atoms with van der Waals surface area (Å²) in [5, 5.41) is 3.10. The largest absolute Gasteiger partial charge is 0.371 e. The summed E-state index contributed by atoms with van der Waals surface area (Å²) in [6.07, 6.45) is 5.90. The van der Waals surface area contributed by atoms with Gasteiger partial charge in [0.05, 0.1) is 5.56 Å². The zero-order valence-corrected chi connectivity index (χ0v) is 14.5. The summed E-state index contributed by atoms with van der Waals surface area (Å²) in [5.74, 6) is 0.0393. The van der Waals surface area contributed by atoms with Gasteiger partial charge in [0.25, 0.3) is 5.91 Å². The van der Waals surface area contributed by atoms with Crippen molar-refractivity contribution in [2.24, 2.45) is 5.73 Å². The SMILES string of the molecule is NC1CCN(c2ccccc2C(=O)NCCN2CCCCC2)CC1. The van der Waals surface area contributed by atoms with Crippen LogP contribution >= 0.6 is 0 Å². The van der Waals surface area contributed by atoms with E-state index in [1.807, 2.05) is 18.2 Å². The van der Waals surface area contributed by atoms with E-state index in [-0.39, 0.29) is 5.91 Å². The molecule has 3 rings (SSSR count). The fraction of sp³-hybridized carbons (Fsp3) is 0.632. The first-order valence-electron chi connectivity index (χ1n) is 9.34. The second-order valence-corrected chi connectivity index (χ2v) is 7.00. The van der Waals surface area contributed by atoms with Gasteiger partial charge in [-0.1, -0.05) is 18.6 Å². The highest BCUT2D eigenvalue weighted by Crippen LogP contribution is 2.23. The number of nitrogens with zero attached hydrogens (tertiary/aromatic N) is 2. The van der Waals surface area contributed by atoms with E-state index in [2.05, 4.69) is 21.2 Å². The summed E-state index contributed by atoms with van der Waals surface area (Å²) in [6.45, 7) is 5.87. The van der Waals surface area contributed by atoms with Crippen LogP contribution < -0.4 is 16.0 Å². The van der Waals surface area contributed by atoms with Crippen LogP contribution in [0.3, 0.4) is 0 Å². The molecule has 0 aliphatic carbocycles. The molecule has 0 saturated carbocycles. The molecule has 3 N–H and O–H groups in total. The van der Waals surface area contributed by atoms with E-state index in [4.69, 9.17) is 5.73 Å². The first-order valence-corrected chi connectivity index (χ1v) is 9.34. The lowest BCUT2D eigenvalue weighted by molar-refractivity contribution is 0.0947. The van der Waals surface area contributed by atoms with Crippen molar-refractivity contribution in [3.8, 4) is 0 Å². The first-order chi connectivity index (χ1) is 11.7. The minimum absolute atomic E-state index is 0.0393. The lowest BCUT2D eigenvalue weighted by Crippen LogP contribution is -2.41. The summed E-state index contributed by atoms with van der Waals surface area (Å²) in [4.78, 5) is 17.4. The summed E-state index contributed by atoms with van der Waals surface area (Å²) in [6, 6.07) is 8.23. The number of benzene rings is 1. The number of nitrogens with one attached hydrogen (secondary N) is 1. The molecule has 5 nitrogen and oxygen atoms in total. The molecule has 132 valence electrons. The molecule has 0 unspecified atom stereocenters. The molecule has 0 atom stereocenters. The number of para-hydroxylation sites is 1. The van der Waals surface area contributed by atoms with Gasteiger partial charge in [-0.3, -0.25) is 4.79 Å². The molecule has 0 bridgehead atoms. The monoisotopic (exact) mass is 330 g/mol. The van der Waals surface area contributed by atoms with Crippen LogP contribution in [0.2, 0.25) is 0 Å². The van der Waals surface area contributed by atoms with Crippen molar-refractivity contribution in [2.45, 2.75) is 38.1 Å². The number of hydrogen-bond donors (Lipinski definition) is 2. The van der Waals surface area contributed by atoms with Gasteiger partial charge in [0, 0.05) is 37.9 Å². The maximum absolute atomic E-state index is 12.6. The average Bonchev–Trinajstić information content (AvgIpc) is 2.63. The minimum Gasteiger partial charge on any atom is -0.371 e. The van der Waals surface area contributed by atoms with E-state index in [9.17, 15) is 4.79 Å². The minimum atomic E-state index is 0.0393. The Kier molecular flexibility index (Phi) is 6.10. The zero-order valence-electron chi connectivity index (χ0n) is 14.5. The lowest BCUT2D eigenvalue weighted by Gasteiger charge is -2.33. The third-order valence-electron chi connectivity index (χ3n) is 5.19. The fourth-order valence-corrected chi connectivity index (χ4v) is 3.69. The quantitative estimate of drug-likeness (QED) is 0.865. The van der Waals surface area contributed by atoms with Crippen LogP contribution in [0.15, 0.2) is 24.3 Å². The fourth-order valence-electron chi connectivity index (χ4n) is 3.69. The van der Waals surface area contributed by atoms with Crippen LogP contribution in [0.25, 0.3) is 0 Å². The highest BCUT2D eigenvalue weighted by molar-refractivity contribution is 5.99. The maximum atomic E-state index is 12.6. The number of carbonyl (C=O) groups excluding carboxylic acids is 1. The molecule has 2 heterocycles. The summed E-state index contributed by atoms with van der Waals surface area (Å²) in [7, 11) is 0. The van der Waals surface area contributed by atoms with E-state index < -0.39 is 0 Å². The third-order valence-corrected chi connectivity index (χ3v) is 5.19. The summed E-state index contributed by atoms with van der Waals surface area (Å²) >= 11 is 0. The standard InChI is InChI=1S/C19H30N4O/c20-16-8-13-23(14-9-16)18-7-3-2-6-17(18)19(24)21-10-15-22-11-4-1-5-12-22/h2-3,6-7,16H,1,4-5,8-15,20H2,(H,21,24). The summed E-state index contributed by atoms with van der Waals surface area (Å²) < 4.78 is 0. The Balaban J connectivity index is 1.56. The van der Waals surface area contributed by atoms with Crippen molar-refractivity contribution in [3.05, 3.63) is 29.8 Å². The molecule has 0 radical (unpaired) electrons. The molecule has 2 aliphatic heterocycles. The zero-order chi connectivity index (χ0) is 16.8. The van der Waals surface area contributed by atoms with Crippen LogP contribution in [0.4, 0.5) is 5.69 Å². The predicted octanol–water partition coefficient (Wildman–Crippen LogP) is 1.83. The van der Waals surface area contributed by atoms with Crippen molar-refractivity contribution >= 4 is 11.6 Å². The van der Waals surface area contributed by atoms with Gasteiger partial charge in [0.1, 0.15) is 0 Å². The number of amides is 1. The molecule has 2 saturated heterocycles. The van der Waals surface area contributed by atoms with E-state index in [0.717, 1.165) is 50.3 Å². The van der Waals surface area contributed by atoms with Crippen molar-refractivity contribution < 1.29 is 4.79 Å². The van der Waals surface area contributed by atoms with Gasteiger partial charge in [0.2, 0.25) is 0 Å². The van der Waals surface area contributed by atoms with Gasteiger partial charge in [0.15, 0.2) is 0 Å². The molecule has 0 aromatic heterocycles. The molecule has 24 heavy (non-hydrogen) atoms. The Labute approximate surface area is 145 Å². The number of rotatable bonds is 5. The Morgan fingerprint density at radius 2 is 1.79 bits per heavy atom. The van der Waals surface area contributed by atoms with E-state index >= 15 is 0 Å². The topological polar surface area (TPSA) is 61.6 Å². The maximum Gasteiger partial charge on any atom is 0.253 e. The molecule has 0 spiro atoms. The lowest BCUT2D eigenvalue weighted by atomic mass is 10.0. The number of anilines is 1. The highest BCUT2D eigenvalue weighted by Gasteiger charge is 2.21. The van der Waals surface area contributed by atoms with Crippen molar-refractivity contribution in [1.29, 1.82) is 0 Å². The van der Waals surface area contributed by atoms with Gasteiger partial charge in [-0.2, -0.15) is 0 Å². The second-order valence-electron chi connectivity index (χ2n) is 7.00. The first kappa shape index (κ1) is 17.2. The third kappa shape index (κ3) is 4.48.